The van der Waals surface area contributed by atoms with Crippen molar-refractivity contribution in [3.8, 4) is 0 Å². The van der Waals surface area contributed by atoms with Crippen molar-refractivity contribution in [1.82, 2.24) is 9.88 Å². The number of rotatable bonds is 3. The monoisotopic (exact) mass is 310 g/mol. The molecule has 0 aliphatic carbocycles. The maximum atomic E-state index is 12.4. The summed E-state index contributed by atoms with van der Waals surface area (Å²) in [5, 5.41) is 2.91. The zero-order valence-corrected chi connectivity index (χ0v) is 13.6. The van der Waals surface area contributed by atoms with Crippen molar-refractivity contribution in [2.24, 2.45) is 0 Å². The molecule has 0 bridgehead atoms. The molecule has 2 heterocycles. The van der Waals surface area contributed by atoms with Crippen molar-refractivity contribution in [3.05, 3.63) is 53.9 Å². The Balaban J connectivity index is 1.72. The Labute approximate surface area is 136 Å². The summed E-state index contributed by atoms with van der Waals surface area (Å²) in [5.41, 5.74) is 3.41. The number of anilines is 2. The lowest BCUT2D eigenvalue weighted by atomic mass is 10.2. The minimum absolute atomic E-state index is 0.174. The molecule has 23 heavy (non-hydrogen) atoms. The summed E-state index contributed by atoms with van der Waals surface area (Å²) < 4.78 is 0. The number of carbonyl (C=O) groups excluding carboxylic acids is 1. The van der Waals surface area contributed by atoms with Gasteiger partial charge >= 0.3 is 0 Å². The van der Waals surface area contributed by atoms with Gasteiger partial charge in [-0.1, -0.05) is 12.1 Å². The van der Waals surface area contributed by atoms with Gasteiger partial charge in [0.1, 0.15) is 5.69 Å². The molecule has 0 spiro atoms. The van der Waals surface area contributed by atoms with Gasteiger partial charge in [0.25, 0.3) is 5.91 Å². The van der Waals surface area contributed by atoms with E-state index in [-0.39, 0.29) is 5.91 Å². The second kappa shape index (κ2) is 6.79. The highest BCUT2D eigenvalue weighted by Crippen LogP contribution is 2.17. The topological polar surface area (TPSA) is 48.5 Å². The van der Waals surface area contributed by atoms with E-state index >= 15 is 0 Å². The van der Waals surface area contributed by atoms with E-state index in [1.807, 2.05) is 43.3 Å². The van der Waals surface area contributed by atoms with Crippen LogP contribution in [-0.2, 0) is 0 Å². The maximum absolute atomic E-state index is 12.4. The predicted octanol–water partition coefficient (Wildman–Crippen LogP) is 2.39. The van der Waals surface area contributed by atoms with Crippen molar-refractivity contribution >= 4 is 17.3 Å². The first-order valence-corrected chi connectivity index (χ1v) is 7.89. The molecule has 1 N–H and O–H groups in total. The van der Waals surface area contributed by atoms with E-state index in [9.17, 15) is 4.79 Å². The lowest BCUT2D eigenvalue weighted by Crippen LogP contribution is -2.44. The first-order chi connectivity index (χ1) is 11.1. The number of benzene rings is 1. The molecule has 5 nitrogen and oxygen atoms in total. The Morgan fingerprint density at radius 3 is 2.65 bits per heavy atom. The third kappa shape index (κ3) is 3.87. The minimum atomic E-state index is -0.174. The second-order valence-corrected chi connectivity index (χ2v) is 6.01. The van der Waals surface area contributed by atoms with Crippen LogP contribution in [0.5, 0.6) is 0 Å². The van der Waals surface area contributed by atoms with Crippen LogP contribution in [0.15, 0.2) is 42.6 Å². The molecule has 0 radical (unpaired) electrons. The van der Waals surface area contributed by atoms with Crippen LogP contribution in [-0.4, -0.2) is 49.0 Å². The molecule has 1 saturated heterocycles. The Morgan fingerprint density at radius 1 is 1.13 bits per heavy atom. The number of nitrogens with zero attached hydrogens (tertiary/aromatic N) is 3. The number of carbonyl (C=O) groups is 1. The van der Waals surface area contributed by atoms with Crippen LogP contribution in [0.2, 0.25) is 0 Å². The number of hydrogen-bond acceptors (Lipinski definition) is 4. The molecule has 0 unspecified atom stereocenters. The SMILES string of the molecule is Cc1cccc(NC(=O)c2cc(N3CCN(C)CC3)ccn2)c1. The van der Waals surface area contributed by atoms with Crippen molar-refractivity contribution in [2.45, 2.75) is 6.92 Å². The van der Waals surface area contributed by atoms with E-state index in [1.165, 1.54) is 0 Å². The smallest absolute Gasteiger partial charge is 0.274 e. The van der Waals surface area contributed by atoms with Gasteiger partial charge in [0.2, 0.25) is 0 Å². The highest BCUT2D eigenvalue weighted by molar-refractivity contribution is 6.03. The first-order valence-electron chi connectivity index (χ1n) is 7.89. The lowest BCUT2D eigenvalue weighted by Gasteiger charge is -2.34. The van der Waals surface area contributed by atoms with Gasteiger partial charge in [0.15, 0.2) is 0 Å². The molecule has 1 aliphatic heterocycles. The fourth-order valence-corrected chi connectivity index (χ4v) is 2.72. The van der Waals surface area contributed by atoms with Crippen LogP contribution >= 0.6 is 0 Å². The number of aromatic nitrogens is 1. The number of amides is 1. The number of nitrogens with one attached hydrogen (secondary N) is 1. The van der Waals surface area contributed by atoms with Crippen LogP contribution in [0.3, 0.4) is 0 Å². The summed E-state index contributed by atoms with van der Waals surface area (Å²) in [6.45, 7) is 6.01. The first kappa shape index (κ1) is 15.5. The molecule has 3 rings (SSSR count). The zero-order chi connectivity index (χ0) is 16.2. The second-order valence-electron chi connectivity index (χ2n) is 6.01. The van der Waals surface area contributed by atoms with E-state index in [2.05, 4.69) is 27.1 Å². The number of aryl methyl sites for hydroxylation is 1. The fraction of sp³-hybridized carbons (Fsp3) is 0.333. The van der Waals surface area contributed by atoms with E-state index in [4.69, 9.17) is 0 Å². The molecule has 120 valence electrons. The van der Waals surface area contributed by atoms with Gasteiger partial charge in [-0.25, -0.2) is 0 Å². The Morgan fingerprint density at radius 2 is 1.91 bits per heavy atom. The third-order valence-electron chi connectivity index (χ3n) is 4.12. The highest BCUT2D eigenvalue weighted by atomic mass is 16.1. The molecule has 1 amide bonds. The molecule has 1 aromatic heterocycles. The summed E-state index contributed by atoms with van der Waals surface area (Å²) in [5.74, 6) is -0.174. The molecule has 1 fully saturated rings. The number of pyridine rings is 1. The molecule has 5 heteroatoms. The lowest BCUT2D eigenvalue weighted by molar-refractivity contribution is 0.102. The number of hydrogen-bond donors (Lipinski definition) is 1. The van der Waals surface area contributed by atoms with Gasteiger partial charge in [0, 0.05) is 43.8 Å². The van der Waals surface area contributed by atoms with Crippen molar-refractivity contribution < 1.29 is 4.79 Å². The van der Waals surface area contributed by atoms with Crippen molar-refractivity contribution in [3.63, 3.8) is 0 Å². The standard InChI is InChI=1S/C18H22N4O/c1-14-4-3-5-15(12-14)20-18(23)17-13-16(6-7-19-17)22-10-8-21(2)9-11-22/h3-7,12-13H,8-11H2,1-2H3,(H,20,23). The molecule has 0 saturated carbocycles. The van der Waals surface area contributed by atoms with Crippen LogP contribution in [0.25, 0.3) is 0 Å². The van der Waals surface area contributed by atoms with E-state index in [1.54, 1.807) is 6.20 Å². The molecule has 2 aromatic rings. The van der Waals surface area contributed by atoms with Gasteiger partial charge in [-0.15, -0.1) is 0 Å². The molecular formula is C18H22N4O. The van der Waals surface area contributed by atoms with E-state index in [0.29, 0.717) is 5.69 Å². The number of piperazine rings is 1. The van der Waals surface area contributed by atoms with Crippen LogP contribution in [0.4, 0.5) is 11.4 Å². The minimum Gasteiger partial charge on any atom is -0.369 e. The highest BCUT2D eigenvalue weighted by Gasteiger charge is 2.16. The van der Waals surface area contributed by atoms with Crippen LogP contribution in [0, 0.1) is 6.92 Å². The normalized spacial score (nSPS) is 15.5. The summed E-state index contributed by atoms with van der Waals surface area (Å²) in [6.07, 6.45) is 1.71. The molecule has 1 aliphatic rings. The van der Waals surface area contributed by atoms with Gasteiger partial charge in [-0.3, -0.25) is 9.78 Å². The Hall–Kier alpha value is -2.40. The Bertz CT molecular complexity index is 693. The average Bonchev–Trinajstić information content (AvgIpc) is 2.56. The van der Waals surface area contributed by atoms with Crippen molar-refractivity contribution in [1.29, 1.82) is 0 Å². The van der Waals surface area contributed by atoms with Gasteiger partial charge in [-0.2, -0.15) is 0 Å². The summed E-state index contributed by atoms with van der Waals surface area (Å²) in [7, 11) is 2.13. The summed E-state index contributed by atoms with van der Waals surface area (Å²) in [6, 6.07) is 11.6. The van der Waals surface area contributed by atoms with E-state index < -0.39 is 0 Å². The Kier molecular flexibility index (Phi) is 4.57. The maximum Gasteiger partial charge on any atom is 0.274 e. The van der Waals surface area contributed by atoms with Gasteiger partial charge in [-0.05, 0) is 43.8 Å². The molecular weight excluding hydrogens is 288 g/mol. The van der Waals surface area contributed by atoms with Gasteiger partial charge in [0.05, 0.1) is 0 Å². The summed E-state index contributed by atoms with van der Waals surface area (Å²) >= 11 is 0. The number of likely N-dealkylation sites (N-methyl/N-ethyl adjacent to an activating group) is 1. The predicted molar refractivity (Wildman–Crippen MR) is 93.1 cm³/mol. The fourth-order valence-electron chi connectivity index (χ4n) is 2.72. The van der Waals surface area contributed by atoms with Crippen molar-refractivity contribution in [2.75, 3.05) is 43.4 Å². The largest absolute Gasteiger partial charge is 0.369 e. The quantitative estimate of drug-likeness (QED) is 0.946. The van der Waals surface area contributed by atoms with Crippen LogP contribution in [0.1, 0.15) is 16.1 Å². The summed E-state index contributed by atoms with van der Waals surface area (Å²) in [4.78, 5) is 21.2. The van der Waals surface area contributed by atoms with Gasteiger partial charge < -0.3 is 15.1 Å². The zero-order valence-electron chi connectivity index (χ0n) is 13.6. The van der Waals surface area contributed by atoms with Crippen LogP contribution < -0.4 is 10.2 Å². The van der Waals surface area contributed by atoms with E-state index in [0.717, 1.165) is 43.1 Å². The molecule has 0 atom stereocenters. The average molecular weight is 310 g/mol. The molecule has 1 aromatic carbocycles. The third-order valence-corrected chi connectivity index (χ3v) is 4.12.